The van der Waals surface area contributed by atoms with Gasteiger partial charge in [0.05, 0.1) is 19.3 Å². The van der Waals surface area contributed by atoms with Crippen LogP contribution in [0.3, 0.4) is 0 Å². The molecular weight excluding hydrogens is 379 g/mol. The molecule has 0 unspecified atom stereocenters. The summed E-state index contributed by atoms with van der Waals surface area (Å²) < 4.78 is 21.2. The Bertz CT molecular complexity index is 770. The summed E-state index contributed by atoms with van der Waals surface area (Å²) in [5.41, 5.74) is 2.12. The first-order valence-electron chi connectivity index (χ1n) is 11.1. The highest BCUT2D eigenvalue weighted by atomic mass is 19.1. The summed E-state index contributed by atoms with van der Waals surface area (Å²) in [6.07, 6.45) is 9.70. The van der Waals surface area contributed by atoms with Crippen molar-refractivity contribution in [3.8, 4) is 0 Å². The summed E-state index contributed by atoms with van der Waals surface area (Å²) in [6, 6.07) is 10.9. The summed E-state index contributed by atoms with van der Waals surface area (Å²) in [5, 5.41) is 10.5. The molecule has 1 aliphatic carbocycles. The van der Waals surface area contributed by atoms with Gasteiger partial charge in [0.2, 0.25) is 0 Å². The molecule has 1 N–H and O–H groups in total. The molecule has 1 aliphatic rings. The van der Waals surface area contributed by atoms with Crippen molar-refractivity contribution < 1.29 is 14.2 Å². The lowest BCUT2D eigenvalue weighted by atomic mass is 9.89. The topological polar surface area (TPSA) is 37.6 Å². The van der Waals surface area contributed by atoms with Crippen molar-refractivity contribution >= 4 is 0 Å². The van der Waals surface area contributed by atoms with Gasteiger partial charge in [-0.3, -0.25) is 4.90 Å². The molecule has 30 heavy (non-hydrogen) atoms. The van der Waals surface area contributed by atoms with Gasteiger partial charge in [-0.05, 0) is 48.6 Å². The predicted octanol–water partition coefficient (Wildman–Crippen LogP) is 4.62. The number of hydrogen-bond donors (Lipinski definition) is 1. The number of rotatable bonds is 12. The molecule has 0 spiro atoms. The second kappa shape index (κ2) is 12.0. The van der Waals surface area contributed by atoms with Crippen molar-refractivity contribution in [3.05, 3.63) is 72.3 Å². The fourth-order valence-corrected chi connectivity index (χ4v) is 4.39. The van der Waals surface area contributed by atoms with Crippen LogP contribution in [0.2, 0.25) is 0 Å². The standard InChI is InChI=1S/C25H35FN2O2/c1-2-14-30-20-25(29)19-27(16-21-8-4-3-5-9-21)18-24-12-7-13-28(24)17-22-10-6-11-23(26)15-22/h2,6-7,10-13,15,21,25,29H,1,3-5,8-9,14,16-20H2/t25-/m1/s1. The fraction of sp³-hybridized carbons (Fsp3) is 0.520. The monoisotopic (exact) mass is 414 g/mol. The number of aromatic nitrogens is 1. The van der Waals surface area contributed by atoms with E-state index in [-0.39, 0.29) is 5.82 Å². The van der Waals surface area contributed by atoms with Crippen LogP contribution in [0, 0.1) is 11.7 Å². The molecule has 1 fully saturated rings. The largest absolute Gasteiger partial charge is 0.389 e. The molecule has 0 amide bonds. The van der Waals surface area contributed by atoms with E-state index in [0.717, 1.165) is 18.7 Å². The van der Waals surface area contributed by atoms with Gasteiger partial charge in [-0.1, -0.05) is 37.5 Å². The summed E-state index contributed by atoms with van der Waals surface area (Å²) in [4.78, 5) is 2.36. The van der Waals surface area contributed by atoms with E-state index in [2.05, 4.69) is 22.1 Å². The Morgan fingerprint density at radius 1 is 1.23 bits per heavy atom. The SMILES string of the molecule is C=CCOC[C@H](O)CN(Cc1cccn1Cc1cccc(F)c1)CC1CCCCC1. The highest BCUT2D eigenvalue weighted by molar-refractivity contribution is 5.19. The summed E-state index contributed by atoms with van der Waals surface area (Å²) in [6.45, 7) is 7.40. The average Bonchev–Trinajstić information content (AvgIpc) is 3.15. The third kappa shape index (κ3) is 7.38. The Kier molecular flexibility index (Phi) is 9.12. The van der Waals surface area contributed by atoms with Gasteiger partial charge in [0, 0.05) is 38.1 Å². The van der Waals surface area contributed by atoms with Crippen molar-refractivity contribution in [1.29, 1.82) is 0 Å². The van der Waals surface area contributed by atoms with Crippen LogP contribution >= 0.6 is 0 Å². The van der Waals surface area contributed by atoms with E-state index < -0.39 is 6.10 Å². The molecule has 0 aliphatic heterocycles. The molecule has 1 heterocycles. The summed E-state index contributed by atoms with van der Waals surface area (Å²) in [5.74, 6) is 0.481. The van der Waals surface area contributed by atoms with E-state index >= 15 is 0 Å². The van der Waals surface area contributed by atoms with E-state index in [4.69, 9.17) is 4.74 Å². The van der Waals surface area contributed by atoms with Crippen LogP contribution in [0.1, 0.15) is 43.4 Å². The lowest BCUT2D eigenvalue weighted by Crippen LogP contribution is -2.38. The normalized spacial score (nSPS) is 16.1. The van der Waals surface area contributed by atoms with Crippen molar-refractivity contribution in [3.63, 3.8) is 0 Å². The van der Waals surface area contributed by atoms with Gasteiger partial charge in [0.1, 0.15) is 5.82 Å². The van der Waals surface area contributed by atoms with Crippen molar-refractivity contribution in [1.82, 2.24) is 9.47 Å². The number of halogens is 1. The molecule has 0 bridgehead atoms. The predicted molar refractivity (Wildman–Crippen MR) is 119 cm³/mol. The maximum atomic E-state index is 13.6. The maximum absolute atomic E-state index is 13.6. The zero-order chi connectivity index (χ0) is 21.2. The smallest absolute Gasteiger partial charge is 0.123 e. The lowest BCUT2D eigenvalue weighted by molar-refractivity contribution is 0.0195. The Morgan fingerprint density at radius 2 is 2.07 bits per heavy atom. The van der Waals surface area contributed by atoms with E-state index in [9.17, 15) is 9.50 Å². The van der Waals surface area contributed by atoms with Crippen molar-refractivity contribution in [2.75, 3.05) is 26.3 Å². The third-order valence-electron chi connectivity index (χ3n) is 5.81. The highest BCUT2D eigenvalue weighted by Gasteiger charge is 2.20. The average molecular weight is 415 g/mol. The van der Waals surface area contributed by atoms with Gasteiger partial charge < -0.3 is 14.4 Å². The molecule has 0 saturated heterocycles. The van der Waals surface area contributed by atoms with Gasteiger partial charge in [-0.25, -0.2) is 4.39 Å². The quantitative estimate of drug-likeness (QED) is 0.407. The Balaban J connectivity index is 1.65. The molecule has 1 aromatic heterocycles. The summed E-state index contributed by atoms with van der Waals surface area (Å²) in [7, 11) is 0. The Hall–Kier alpha value is -1.95. The van der Waals surface area contributed by atoms with Gasteiger partial charge in [0.15, 0.2) is 0 Å². The second-order valence-electron chi connectivity index (χ2n) is 8.44. The molecule has 3 rings (SSSR count). The minimum Gasteiger partial charge on any atom is -0.389 e. The number of ether oxygens (including phenoxy) is 1. The zero-order valence-corrected chi connectivity index (χ0v) is 17.9. The van der Waals surface area contributed by atoms with E-state index in [0.29, 0.717) is 32.2 Å². The van der Waals surface area contributed by atoms with Crippen molar-refractivity contribution in [2.24, 2.45) is 5.92 Å². The van der Waals surface area contributed by atoms with Crippen LogP contribution in [0.5, 0.6) is 0 Å². The van der Waals surface area contributed by atoms with E-state index in [1.165, 1.54) is 43.9 Å². The zero-order valence-electron chi connectivity index (χ0n) is 17.9. The van der Waals surface area contributed by atoms with Gasteiger partial charge in [-0.2, -0.15) is 0 Å². The molecule has 2 aromatic rings. The van der Waals surface area contributed by atoms with Gasteiger partial charge in [0.25, 0.3) is 0 Å². The number of nitrogens with zero attached hydrogens (tertiary/aromatic N) is 2. The van der Waals surface area contributed by atoms with Crippen LogP contribution in [-0.2, 0) is 17.8 Å². The first-order chi connectivity index (χ1) is 14.6. The maximum Gasteiger partial charge on any atom is 0.123 e. The summed E-state index contributed by atoms with van der Waals surface area (Å²) >= 11 is 0. The van der Waals surface area contributed by atoms with Crippen LogP contribution in [0.25, 0.3) is 0 Å². The van der Waals surface area contributed by atoms with Crippen LogP contribution in [0.4, 0.5) is 4.39 Å². The van der Waals surface area contributed by atoms with Gasteiger partial charge >= 0.3 is 0 Å². The minimum absolute atomic E-state index is 0.206. The molecule has 1 atom stereocenters. The fourth-order valence-electron chi connectivity index (χ4n) is 4.39. The molecule has 4 nitrogen and oxygen atoms in total. The number of aliphatic hydroxyl groups excluding tert-OH is 1. The first-order valence-corrected chi connectivity index (χ1v) is 11.1. The molecule has 5 heteroatoms. The highest BCUT2D eigenvalue weighted by Crippen LogP contribution is 2.25. The number of benzene rings is 1. The van der Waals surface area contributed by atoms with Crippen LogP contribution < -0.4 is 0 Å². The van der Waals surface area contributed by atoms with Gasteiger partial charge in [-0.15, -0.1) is 6.58 Å². The van der Waals surface area contributed by atoms with E-state index in [1.54, 1.807) is 18.2 Å². The lowest BCUT2D eigenvalue weighted by Gasteiger charge is -2.31. The molecule has 1 saturated carbocycles. The number of hydrogen-bond acceptors (Lipinski definition) is 3. The van der Waals surface area contributed by atoms with E-state index in [1.807, 2.05) is 18.3 Å². The molecule has 1 aromatic carbocycles. The Morgan fingerprint density at radius 3 is 2.83 bits per heavy atom. The molecular formula is C25H35FN2O2. The second-order valence-corrected chi connectivity index (χ2v) is 8.44. The molecule has 164 valence electrons. The first kappa shape index (κ1) is 22.7. The Labute approximate surface area is 180 Å². The minimum atomic E-state index is -0.528. The number of aliphatic hydroxyl groups is 1. The van der Waals surface area contributed by atoms with Crippen LogP contribution in [-0.4, -0.2) is 47.0 Å². The third-order valence-corrected chi connectivity index (χ3v) is 5.81. The molecule has 0 radical (unpaired) electrons. The van der Waals surface area contributed by atoms with Crippen LogP contribution in [0.15, 0.2) is 55.3 Å². The van der Waals surface area contributed by atoms with Crippen molar-refractivity contribution in [2.45, 2.75) is 51.3 Å².